The third kappa shape index (κ3) is 22.5. The van der Waals surface area contributed by atoms with Gasteiger partial charge >= 0.3 is 0 Å². The third-order valence-corrected chi connectivity index (χ3v) is 1.12. The van der Waals surface area contributed by atoms with Crippen molar-refractivity contribution in [2.45, 2.75) is 25.7 Å². The second-order valence-electron chi connectivity index (χ2n) is 1.94. The summed E-state index contributed by atoms with van der Waals surface area (Å²) in [7, 11) is 0. The second-order valence-corrected chi connectivity index (χ2v) is 1.94. The van der Waals surface area contributed by atoms with E-state index in [9.17, 15) is 4.79 Å². The molecule has 0 aromatic rings. The van der Waals surface area contributed by atoms with E-state index in [1.165, 1.54) is 0 Å². The Hall–Kier alpha value is 1.53. The van der Waals surface area contributed by atoms with Crippen molar-refractivity contribution in [2.24, 2.45) is 0 Å². The van der Waals surface area contributed by atoms with Gasteiger partial charge in [-0.15, -0.1) is 0 Å². The molecule has 0 aromatic carbocycles. The van der Waals surface area contributed by atoms with E-state index in [4.69, 9.17) is 0 Å². The quantitative estimate of drug-likeness (QED) is 0.254. The van der Waals surface area contributed by atoms with Crippen LogP contribution in [-0.4, -0.2) is 13.0 Å². The van der Waals surface area contributed by atoms with Crippen LogP contribution in [0.4, 0.5) is 0 Å². The number of carbonyl (C=O) groups excluding carboxylic acids is 1. The summed E-state index contributed by atoms with van der Waals surface area (Å²) in [6.45, 7) is 4.46. The monoisotopic (exact) mass is 679 g/mol. The van der Waals surface area contributed by atoms with E-state index >= 15 is 0 Å². The Bertz CT molecular complexity index is 73.7. The van der Waals surface area contributed by atoms with Gasteiger partial charge in [-0.1, -0.05) is 12.8 Å². The van der Waals surface area contributed by atoms with Crippen molar-refractivity contribution in [2.75, 3.05) is 6.54 Å². The van der Waals surface area contributed by atoms with Crippen LogP contribution in [0.25, 0.3) is 0 Å². The Balaban J connectivity index is -0.000000107. The van der Waals surface area contributed by atoms with Crippen LogP contribution in [0.2, 0.25) is 0 Å². The van der Waals surface area contributed by atoms with Gasteiger partial charge in [-0.2, -0.15) is 12.8 Å². The molecular formula is C7H13NOW3-2. The summed E-state index contributed by atoms with van der Waals surface area (Å²) in [5, 5.41) is 2.48. The first kappa shape index (κ1) is 23.4. The number of rotatable bonds is 6. The summed E-state index contributed by atoms with van der Waals surface area (Å²) >= 11 is 0. The van der Waals surface area contributed by atoms with Crippen molar-refractivity contribution >= 4 is 6.41 Å². The minimum Gasteiger partial charge on any atom is -0.530 e. The maximum Gasteiger partial charge on any atom is 0 e. The Morgan fingerprint density at radius 2 is 1.67 bits per heavy atom. The molecule has 5 heteroatoms. The number of unbranched alkanes of at least 4 members (excludes halogenated alkanes) is 3. The average molecular weight is 679 g/mol. The maximum absolute atomic E-state index is 9.59. The molecule has 0 saturated heterocycles. The molecule has 0 saturated carbocycles. The van der Waals surface area contributed by atoms with Crippen molar-refractivity contribution in [3.8, 4) is 0 Å². The van der Waals surface area contributed by atoms with Crippen molar-refractivity contribution in [3.05, 3.63) is 6.92 Å². The first-order valence-electron chi connectivity index (χ1n) is 3.31. The maximum atomic E-state index is 9.59. The van der Waals surface area contributed by atoms with Gasteiger partial charge in [-0.25, -0.2) is 0 Å². The van der Waals surface area contributed by atoms with Crippen molar-refractivity contribution in [3.63, 3.8) is 0 Å². The van der Waals surface area contributed by atoms with E-state index in [1.807, 2.05) is 0 Å². The van der Waals surface area contributed by atoms with Crippen LogP contribution in [0.15, 0.2) is 0 Å². The van der Waals surface area contributed by atoms with Crippen LogP contribution < -0.4 is 5.32 Å². The Morgan fingerprint density at radius 3 is 2.08 bits per heavy atom. The molecule has 0 rings (SSSR count). The minimum atomic E-state index is 0. The zero-order valence-corrected chi connectivity index (χ0v) is 15.7. The molecule has 72 valence electrons. The first-order valence-corrected chi connectivity index (χ1v) is 3.31. The van der Waals surface area contributed by atoms with E-state index in [-0.39, 0.29) is 63.2 Å². The largest absolute Gasteiger partial charge is 0.530 e. The molecule has 0 atom stereocenters. The van der Waals surface area contributed by atoms with Gasteiger partial charge in [-0.05, 0) is 13.0 Å². The Morgan fingerprint density at radius 1 is 1.08 bits per heavy atom. The van der Waals surface area contributed by atoms with Gasteiger partial charge in [-0.3, -0.25) is 0 Å². The van der Waals surface area contributed by atoms with E-state index in [1.54, 1.807) is 6.41 Å². The molecule has 12 heavy (non-hydrogen) atoms. The van der Waals surface area contributed by atoms with Gasteiger partial charge in [0.2, 0.25) is 0 Å². The predicted octanol–water partition coefficient (Wildman–Crippen LogP) is 1.03. The molecule has 0 aromatic heterocycles. The fourth-order valence-electron chi connectivity index (χ4n) is 0.618. The first-order chi connectivity index (χ1) is 4.41. The van der Waals surface area contributed by atoms with Crippen LogP contribution in [-0.2, 0) is 68.0 Å². The number of hydrogen-bond donors (Lipinski definition) is 1. The topological polar surface area (TPSA) is 29.1 Å². The Labute approximate surface area is 118 Å². The zero-order chi connectivity index (χ0) is 6.95. The normalized spacial score (nSPS) is 6.75. The van der Waals surface area contributed by atoms with Gasteiger partial charge in [0.1, 0.15) is 0 Å². The third-order valence-electron chi connectivity index (χ3n) is 1.12. The van der Waals surface area contributed by atoms with Gasteiger partial charge in [0.15, 0.2) is 0 Å². The van der Waals surface area contributed by atoms with Crippen molar-refractivity contribution in [1.82, 2.24) is 5.32 Å². The van der Waals surface area contributed by atoms with E-state index in [2.05, 4.69) is 12.2 Å². The zero-order valence-electron chi connectivity index (χ0n) is 6.88. The van der Waals surface area contributed by atoms with Crippen LogP contribution >= 0.6 is 0 Å². The standard InChI is InChI=1S/C7H13NO.3W/c1-2-3-4-5-6-8-7-9;;;/h1-6H2,(H,8,9);;;/q-2;;;. The summed E-state index contributed by atoms with van der Waals surface area (Å²) in [5.41, 5.74) is 0. The summed E-state index contributed by atoms with van der Waals surface area (Å²) in [4.78, 5) is 9.59. The fraction of sp³-hybridized carbons (Fsp3) is 0.714. The molecule has 1 amide bonds. The fourth-order valence-corrected chi connectivity index (χ4v) is 0.618. The molecule has 0 aliphatic heterocycles. The summed E-state index contributed by atoms with van der Waals surface area (Å²) in [6, 6.07) is 0. The number of hydrogen-bond acceptors (Lipinski definition) is 1. The minimum absolute atomic E-state index is 0. The van der Waals surface area contributed by atoms with Crippen molar-refractivity contribution in [1.29, 1.82) is 0 Å². The molecule has 0 fully saturated rings. The smallest absolute Gasteiger partial charge is 0 e. The number of nitrogens with one attached hydrogen (secondary N) is 1. The summed E-state index contributed by atoms with van der Waals surface area (Å²) < 4.78 is 0. The molecular weight excluding hydrogens is 666 g/mol. The van der Waals surface area contributed by atoms with Gasteiger partial charge in [0.25, 0.3) is 0 Å². The second kappa shape index (κ2) is 22.9. The van der Waals surface area contributed by atoms with Crippen LogP contribution in [0.1, 0.15) is 25.7 Å². The Kier molecular flexibility index (Phi) is 44.6. The SMILES string of the molecule is [CH2-]CCCCCN[C-]=O.[W].[W].[W]. The average Bonchev–Trinajstić information content (AvgIpc) is 1.89. The van der Waals surface area contributed by atoms with Gasteiger partial charge in [0.05, 0.1) is 0 Å². The van der Waals surface area contributed by atoms with E-state index in [0.717, 1.165) is 32.2 Å². The molecule has 0 aliphatic rings. The molecule has 0 bridgehead atoms. The van der Waals surface area contributed by atoms with Crippen LogP contribution in [0, 0.1) is 6.92 Å². The van der Waals surface area contributed by atoms with E-state index in [0.29, 0.717) is 0 Å². The van der Waals surface area contributed by atoms with Crippen LogP contribution in [0.5, 0.6) is 0 Å². The summed E-state index contributed by atoms with van der Waals surface area (Å²) in [6.07, 6.45) is 5.97. The molecule has 0 aliphatic carbocycles. The van der Waals surface area contributed by atoms with E-state index < -0.39 is 0 Å². The molecule has 1 N–H and O–H groups in total. The molecule has 2 nitrogen and oxygen atoms in total. The molecule has 0 unspecified atom stereocenters. The predicted molar refractivity (Wildman–Crippen MR) is 37.5 cm³/mol. The van der Waals surface area contributed by atoms with Gasteiger partial charge in [0, 0.05) is 63.2 Å². The molecule has 0 radical (unpaired) electrons. The van der Waals surface area contributed by atoms with Crippen molar-refractivity contribution < 1.29 is 68.0 Å². The van der Waals surface area contributed by atoms with Gasteiger partial charge < -0.3 is 17.0 Å². The molecule has 0 spiro atoms. The summed E-state index contributed by atoms with van der Waals surface area (Å²) in [5.74, 6) is 0. The molecule has 0 heterocycles. The number of amides is 1. The van der Waals surface area contributed by atoms with Crippen LogP contribution in [0.3, 0.4) is 0 Å².